The van der Waals surface area contributed by atoms with Crippen LogP contribution in [0.25, 0.3) is 5.69 Å². The van der Waals surface area contributed by atoms with Gasteiger partial charge in [-0.1, -0.05) is 24.3 Å². The maximum absolute atomic E-state index is 4.16. The van der Waals surface area contributed by atoms with E-state index in [4.69, 9.17) is 0 Å². The first-order valence-corrected chi connectivity index (χ1v) is 7.70. The Morgan fingerprint density at radius 3 is 2.71 bits per heavy atom. The Labute approximate surface area is 127 Å². The Hall–Kier alpha value is -2.05. The predicted octanol–water partition coefficient (Wildman–Crippen LogP) is 2.92. The van der Waals surface area contributed by atoms with Gasteiger partial charge in [0.25, 0.3) is 0 Å². The summed E-state index contributed by atoms with van der Waals surface area (Å²) >= 11 is 1.77. The van der Waals surface area contributed by atoms with Crippen LogP contribution in [0.3, 0.4) is 0 Å². The SMILES string of the molecule is CC(c1cccs1)N(C)Cc1nnnn1-c1ccccc1. The molecule has 2 heterocycles. The Kier molecular flexibility index (Phi) is 4.08. The van der Waals surface area contributed by atoms with Gasteiger partial charge in [0, 0.05) is 10.9 Å². The fraction of sp³-hybridized carbons (Fsp3) is 0.267. The minimum absolute atomic E-state index is 0.339. The predicted molar refractivity (Wildman–Crippen MR) is 83.4 cm³/mol. The molecule has 0 aliphatic carbocycles. The Morgan fingerprint density at radius 1 is 1.19 bits per heavy atom. The molecular weight excluding hydrogens is 282 g/mol. The van der Waals surface area contributed by atoms with Gasteiger partial charge in [0.05, 0.1) is 12.2 Å². The molecule has 0 radical (unpaired) electrons. The summed E-state index contributed by atoms with van der Waals surface area (Å²) in [6, 6.07) is 14.5. The molecule has 1 atom stereocenters. The molecule has 0 aliphatic rings. The molecule has 6 heteroatoms. The second-order valence-electron chi connectivity index (χ2n) is 4.95. The highest BCUT2D eigenvalue weighted by Gasteiger charge is 2.16. The molecule has 0 spiro atoms. The van der Waals surface area contributed by atoms with E-state index >= 15 is 0 Å². The van der Waals surface area contributed by atoms with Crippen molar-refractivity contribution < 1.29 is 0 Å². The summed E-state index contributed by atoms with van der Waals surface area (Å²) in [7, 11) is 2.09. The lowest BCUT2D eigenvalue weighted by Crippen LogP contribution is -2.23. The van der Waals surface area contributed by atoms with E-state index in [9.17, 15) is 0 Å². The molecule has 1 aromatic carbocycles. The molecule has 3 rings (SSSR count). The van der Waals surface area contributed by atoms with Crippen LogP contribution in [-0.2, 0) is 6.54 Å². The van der Waals surface area contributed by atoms with Crippen molar-refractivity contribution in [3.8, 4) is 5.69 Å². The number of hydrogen-bond donors (Lipinski definition) is 0. The second kappa shape index (κ2) is 6.15. The van der Waals surface area contributed by atoms with E-state index in [1.54, 1.807) is 16.0 Å². The first kappa shape index (κ1) is 13.9. The highest BCUT2D eigenvalue weighted by molar-refractivity contribution is 7.10. The van der Waals surface area contributed by atoms with Crippen LogP contribution >= 0.6 is 11.3 Å². The molecule has 21 heavy (non-hydrogen) atoms. The summed E-state index contributed by atoms with van der Waals surface area (Å²) in [5, 5.41) is 14.2. The number of benzene rings is 1. The van der Waals surface area contributed by atoms with Crippen LogP contribution in [0.2, 0.25) is 0 Å². The first-order valence-electron chi connectivity index (χ1n) is 6.82. The van der Waals surface area contributed by atoms with Crippen LogP contribution in [0.5, 0.6) is 0 Å². The van der Waals surface area contributed by atoms with Crippen LogP contribution in [0, 0.1) is 0 Å². The summed E-state index contributed by atoms with van der Waals surface area (Å²) in [6.07, 6.45) is 0. The molecule has 0 fully saturated rings. The number of aromatic nitrogens is 4. The molecule has 5 nitrogen and oxygen atoms in total. The zero-order chi connectivity index (χ0) is 14.7. The second-order valence-corrected chi connectivity index (χ2v) is 5.93. The number of hydrogen-bond acceptors (Lipinski definition) is 5. The largest absolute Gasteiger partial charge is 0.291 e. The molecule has 0 saturated heterocycles. The van der Waals surface area contributed by atoms with E-state index in [0.29, 0.717) is 12.6 Å². The van der Waals surface area contributed by atoms with Crippen LogP contribution < -0.4 is 0 Å². The van der Waals surface area contributed by atoms with Crippen molar-refractivity contribution in [1.29, 1.82) is 0 Å². The third kappa shape index (κ3) is 3.01. The number of rotatable bonds is 5. The van der Waals surface area contributed by atoms with E-state index in [2.05, 4.69) is 51.9 Å². The standard InChI is InChI=1S/C15H17N5S/c1-12(14-9-6-10-21-14)19(2)11-15-16-17-18-20(15)13-7-4-3-5-8-13/h3-10,12H,11H2,1-2H3. The van der Waals surface area contributed by atoms with Gasteiger partial charge >= 0.3 is 0 Å². The monoisotopic (exact) mass is 299 g/mol. The summed E-state index contributed by atoms with van der Waals surface area (Å²) in [5.74, 6) is 0.840. The lowest BCUT2D eigenvalue weighted by Gasteiger charge is -2.23. The Balaban J connectivity index is 1.78. The van der Waals surface area contributed by atoms with Crippen LogP contribution in [-0.4, -0.2) is 32.2 Å². The topological polar surface area (TPSA) is 46.8 Å². The van der Waals surface area contributed by atoms with Crippen molar-refractivity contribution in [3.63, 3.8) is 0 Å². The minimum atomic E-state index is 0.339. The average molecular weight is 299 g/mol. The molecule has 108 valence electrons. The Bertz CT molecular complexity index is 677. The first-order chi connectivity index (χ1) is 10.3. The van der Waals surface area contributed by atoms with Gasteiger partial charge in [0.15, 0.2) is 5.82 Å². The van der Waals surface area contributed by atoms with Gasteiger partial charge in [-0.15, -0.1) is 16.4 Å². The molecule has 0 N–H and O–H groups in total. The summed E-state index contributed by atoms with van der Waals surface area (Å²) < 4.78 is 1.79. The van der Waals surface area contributed by atoms with E-state index in [1.807, 2.05) is 30.3 Å². The van der Waals surface area contributed by atoms with Gasteiger partial charge < -0.3 is 0 Å². The van der Waals surface area contributed by atoms with E-state index in [0.717, 1.165) is 11.5 Å². The van der Waals surface area contributed by atoms with Crippen molar-refractivity contribution in [3.05, 3.63) is 58.5 Å². The number of para-hydroxylation sites is 1. The Morgan fingerprint density at radius 2 is 2.00 bits per heavy atom. The van der Waals surface area contributed by atoms with Crippen LogP contribution in [0.15, 0.2) is 47.8 Å². The number of tetrazole rings is 1. The van der Waals surface area contributed by atoms with Gasteiger partial charge in [0.1, 0.15) is 0 Å². The molecular formula is C15H17N5S. The van der Waals surface area contributed by atoms with E-state index in [-0.39, 0.29) is 0 Å². The fourth-order valence-electron chi connectivity index (χ4n) is 2.18. The van der Waals surface area contributed by atoms with Gasteiger partial charge in [-0.25, -0.2) is 0 Å². The van der Waals surface area contributed by atoms with Crippen molar-refractivity contribution in [2.75, 3.05) is 7.05 Å². The summed E-state index contributed by atoms with van der Waals surface area (Å²) in [4.78, 5) is 3.59. The smallest absolute Gasteiger partial charge is 0.170 e. The maximum atomic E-state index is 4.16. The number of nitrogens with zero attached hydrogens (tertiary/aromatic N) is 5. The summed E-state index contributed by atoms with van der Waals surface area (Å²) in [6.45, 7) is 2.89. The lowest BCUT2D eigenvalue weighted by molar-refractivity contribution is 0.248. The molecule has 0 bridgehead atoms. The third-order valence-corrected chi connectivity index (χ3v) is 4.58. The molecule has 2 aromatic heterocycles. The van der Waals surface area contributed by atoms with Gasteiger partial charge in [-0.05, 0) is 48.0 Å². The third-order valence-electron chi connectivity index (χ3n) is 3.54. The summed E-state index contributed by atoms with van der Waals surface area (Å²) in [5.41, 5.74) is 0.981. The fourth-order valence-corrected chi connectivity index (χ4v) is 3.03. The van der Waals surface area contributed by atoms with E-state index in [1.165, 1.54) is 4.88 Å². The van der Waals surface area contributed by atoms with Gasteiger partial charge in [-0.2, -0.15) is 4.68 Å². The molecule has 3 aromatic rings. The van der Waals surface area contributed by atoms with Crippen molar-refractivity contribution in [2.24, 2.45) is 0 Å². The maximum Gasteiger partial charge on any atom is 0.170 e. The van der Waals surface area contributed by atoms with Crippen LogP contribution in [0.4, 0.5) is 0 Å². The molecule has 1 unspecified atom stereocenters. The van der Waals surface area contributed by atoms with Crippen molar-refractivity contribution >= 4 is 11.3 Å². The van der Waals surface area contributed by atoms with E-state index < -0.39 is 0 Å². The average Bonchev–Trinajstić information content (AvgIpc) is 3.19. The van der Waals surface area contributed by atoms with Crippen LogP contribution in [0.1, 0.15) is 23.7 Å². The highest BCUT2D eigenvalue weighted by atomic mass is 32.1. The lowest BCUT2D eigenvalue weighted by atomic mass is 10.2. The van der Waals surface area contributed by atoms with Crippen molar-refractivity contribution in [2.45, 2.75) is 19.5 Å². The van der Waals surface area contributed by atoms with Gasteiger partial charge in [-0.3, -0.25) is 4.90 Å². The number of thiophene rings is 1. The molecule has 0 aliphatic heterocycles. The minimum Gasteiger partial charge on any atom is -0.291 e. The van der Waals surface area contributed by atoms with Gasteiger partial charge in [0.2, 0.25) is 0 Å². The zero-order valence-electron chi connectivity index (χ0n) is 12.0. The molecule has 0 amide bonds. The van der Waals surface area contributed by atoms with Crippen molar-refractivity contribution in [1.82, 2.24) is 25.1 Å². The highest BCUT2D eigenvalue weighted by Crippen LogP contribution is 2.24. The zero-order valence-corrected chi connectivity index (χ0v) is 12.9. The molecule has 0 saturated carbocycles. The quantitative estimate of drug-likeness (QED) is 0.727. The normalized spacial score (nSPS) is 12.7.